The van der Waals surface area contributed by atoms with Gasteiger partial charge in [0, 0.05) is 23.0 Å². The van der Waals surface area contributed by atoms with Crippen molar-refractivity contribution in [3.8, 4) is 22.9 Å². The summed E-state index contributed by atoms with van der Waals surface area (Å²) in [5.74, 6) is 1.65. The molecule has 2 aromatic heterocycles. The second-order valence-electron chi connectivity index (χ2n) is 6.79. The number of aromatic nitrogens is 4. The summed E-state index contributed by atoms with van der Waals surface area (Å²) in [6, 6.07) is 14.9. The van der Waals surface area contributed by atoms with E-state index in [2.05, 4.69) is 20.6 Å². The third kappa shape index (κ3) is 5.04. The van der Waals surface area contributed by atoms with Crippen molar-refractivity contribution < 1.29 is 9.47 Å². The minimum absolute atomic E-state index is 0.313. The number of nitrogens with zero attached hydrogens (tertiary/aromatic N) is 3. The maximum absolute atomic E-state index is 6.52. The molecule has 10 heteroatoms. The fraction of sp³-hybridized carbons (Fsp3) is 0.136. The average molecular weight is 488 g/mol. The van der Waals surface area contributed by atoms with E-state index in [1.807, 2.05) is 48.5 Å². The number of rotatable bonds is 8. The van der Waals surface area contributed by atoms with Crippen LogP contribution in [-0.2, 0) is 13.2 Å². The Morgan fingerprint density at radius 3 is 2.66 bits per heavy atom. The molecule has 0 radical (unpaired) electrons. The van der Waals surface area contributed by atoms with Gasteiger partial charge in [0.2, 0.25) is 4.77 Å². The summed E-state index contributed by atoms with van der Waals surface area (Å²) in [7, 11) is 1.57. The molecule has 0 fully saturated rings. The van der Waals surface area contributed by atoms with Gasteiger partial charge < -0.3 is 14.9 Å². The number of H-pyrrole nitrogens is 1. The number of methoxy groups -OCH3 is 1. The first kappa shape index (κ1) is 22.1. The van der Waals surface area contributed by atoms with E-state index in [9.17, 15) is 0 Å². The molecule has 0 saturated heterocycles. The largest absolute Gasteiger partial charge is 0.493 e. The Hall–Kier alpha value is -3.07. The molecule has 32 heavy (non-hydrogen) atoms. The SMILES string of the molecule is COc1cc(CNn2c(-c3ccncc3)n[nH]c2=S)cc(Cl)c1OCc1cccc(Cl)c1. The molecule has 2 N–H and O–H groups in total. The normalized spacial score (nSPS) is 10.7. The van der Waals surface area contributed by atoms with E-state index < -0.39 is 0 Å². The van der Waals surface area contributed by atoms with Crippen LogP contribution < -0.4 is 14.9 Å². The number of halogens is 2. The van der Waals surface area contributed by atoms with Gasteiger partial charge >= 0.3 is 0 Å². The minimum atomic E-state index is 0.313. The highest BCUT2D eigenvalue weighted by atomic mass is 35.5. The van der Waals surface area contributed by atoms with Crippen LogP contribution in [0.2, 0.25) is 10.0 Å². The predicted molar refractivity (Wildman–Crippen MR) is 127 cm³/mol. The van der Waals surface area contributed by atoms with E-state index in [-0.39, 0.29) is 0 Å². The molecular formula is C22H19Cl2N5O2S. The van der Waals surface area contributed by atoms with Crippen molar-refractivity contribution in [3.05, 3.63) is 86.9 Å². The van der Waals surface area contributed by atoms with Crippen LogP contribution in [0.25, 0.3) is 11.4 Å². The van der Waals surface area contributed by atoms with Crippen molar-refractivity contribution >= 4 is 35.4 Å². The summed E-state index contributed by atoms with van der Waals surface area (Å²) >= 11 is 17.9. The number of hydrogen-bond acceptors (Lipinski definition) is 6. The molecule has 2 aromatic carbocycles. The molecule has 2 heterocycles. The summed E-state index contributed by atoms with van der Waals surface area (Å²) in [5, 5.41) is 8.19. The van der Waals surface area contributed by atoms with E-state index in [1.54, 1.807) is 24.2 Å². The Morgan fingerprint density at radius 1 is 1.09 bits per heavy atom. The van der Waals surface area contributed by atoms with Gasteiger partial charge in [-0.1, -0.05) is 35.3 Å². The van der Waals surface area contributed by atoms with E-state index in [0.717, 1.165) is 16.7 Å². The van der Waals surface area contributed by atoms with Crippen LogP contribution in [0.1, 0.15) is 11.1 Å². The molecule has 0 aliphatic carbocycles. The van der Waals surface area contributed by atoms with Gasteiger partial charge in [0.05, 0.1) is 18.7 Å². The summed E-state index contributed by atoms with van der Waals surface area (Å²) in [4.78, 5) is 4.04. The highest BCUT2D eigenvalue weighted by Gasteiger charge is 2.14. The second kappa shape index (κ2) is 10.0. The average Bonchev–Trinajstić information content (AvgIpc) is 3.17. The van der Waals surface area contributed by atoms with Gasteiger partial charge in [0.15, 0.2) is 17.3 Å². The Balaban J connectivity index is 1.52. The highest BCUT2D eigenvalue weighted by Crippen LogP contribution is 2.37. The molecule has 4 rings (SSSR count). The van der Waals surface area contributed by atoms with Gasteiger partial charge in [0.1, 0.15) is 6.61 Å². The van der Waals surface area contributed by atoms with Crippen molar-refractivity contribution in [1.29, 1.82) is 0 Å². The molecule has 0 aliphatic rings. The lowest BCUT2D eigenvalue weighted by atomic mass is 10.2. The van der Waals surface area contributed by atoms with Gasteiger partial charge in [-0.25, -0.2) is 9.77 Å². The third-order valence-electron chi connectivity index (χ3n) is 4.61. The smallest absolute Gasteiger partial charge is 0.214 e. The number of ether oxygens (including phenoxy) is 2. The zero-order valence-electron chi connectivity index (χ0n) is 17.0. The van der Waals surface area contributed by atoms with Crippen molar-refractivity contribution in [2.24, 2.45) is 0 Å². The first-order valence-corrected chi connectivity index (χ1v) is 10.8. The fourth-order valence-electron chi connectivity index (χ4n) is 3.11. The molecule has 0 bridgehead atoms. The van der Waals surface area contributed by atoms with Crippen LogP contribution >= 0.6 is 35.4 Å². The fourth-order valence-corrected chi connectivity index (χ4v) is 3.80. The van der Waals surface area contributed by atoms with E-state index in [0.29, 0.717) is 45.3 Å². The molecule has 0 saturated carbocycles. The third-order valence-corrected chi connectivity index (χ3v) is 5.40. The molecule has 0 aliphatic heterocycles. The lowest BCUT2D eigenvalue weighted by Crippen LogP contribution is -2.16. The molecule has 0 unspecified atom stereocenters. The molecular weight excluding hydrogens is 469 g/mol. The minimum Gasteiger partial charge on any atom is -0.493 e. The molecule has 4 aromatic rings. The van der Waals surface area contributed by atoms with Crippen molar-refractivity contribution in [2.45, 2.75) is 13.2 Å². The van der Waals surface area contributed by atoms with Crippen LogP contribution in [0.15, 0.2) is 60.9 Å². The monoisotopic (exact) mass is 487 g/mol. The quantitative estimate of drug-likeness (QED) is 0.313. The number of nitrogens with one attached hydrogen (secondary N) is 2. The van der Waals surface area contributed by atoms with Gasteiger partial charge in [0.25, 0.3) is 0 Å². The van der Waals surface area contributed by atoms with Gasteiger partial charge in [-0.3, -0.25) is 4.98 Å². The van der Waals surface area contributed by atoms with E-state index in [4.69, 9.17) is 44.9 Å². The van der Waals surface area contributed by atoms with Crippen molar-refractivity contribution in [3.63, 3.8) is 0 Å². The predicted octanol–water partition coefficient (Wildman–Crippen LogP) is 5.64. The molecule has 164 valence electrons. The summed E-state index contributed by atoms with van der Waals surface area (Å²) < 4.78 is 13.6. The second-order valence-corrected chi connectivity index (χ2v) is 8.02. The molecule has 7 nitrogen and oxygen atoms in total. The van der Waals surface area contributed by atoms with Crippen LogP contribution in [0.4, 0.5) is 0 Å². The Bertz CT molecular complexity index is 1280. The topological polar surface area (TPSA) is 77.0 Å². The lowest BCUT2D eigenvalue weighted by molar-refractivity contribution is 0.284. The maximum atomic E-state index is 6.52. The first-order valence-electron chi connectivity index (χ1n) is 9.60. The molecule has 0 spiro atoms. The van der Waals surface area contributed by atoms with Crippen LogP contribution in [0.3, 0.4) is 0 Å². The van der Waals surface area contributed by atoms with Gasteiger partial charge in [-0.2, -0.15) is 5.10 Å². The van der Waals surface area contributed by atoms with E-state index >= 15 is 0 Å². The first-order chi connectivity index (χ1) is 15.5. The Kier molecular flexibility index (Phi) is 6.94. The van der Waals surface area contributed by atoms with Gasteiger partial charge in [-0.15, -0.1) is 0 Å². The Labute approximate surface area is 199 Å². The zero-order chi connectivity index (χ0) is 22.5. The molecule has 0 amide bonds. The van der Waals surface area contributed by atoms with Crippen molar-refractivity contribution in [2.75, 3.05) is 12.5 Å². The number of hydrogen-bond donors (Lipinski definition) is 2. The zero-order valence-corrected chi connectivity index (χ0v) is 19.3. The summed E-state index contributed by atoms with van der Waals surface area (Å²) in [6.45, 7) is 0.740. The van der Waals surface area contributed by atoms with Crippen molar-refractivity contribution in [1.82, 2.24) is 19.9 Å². The summed E-state index contributed by atoms with van der Waals surface area (Å²) in [5.41, 5.74) is 5.95. The number of aromatic amines is 1. The van der Waals surface area contributed by atoms with Crippen LogP contribution in [-0.4, -0.2) is 27.0 Å². The summed E-state index contributed by atoms with van der Waals surface area (Å²) in [6.07, 6.45) is 3.40. The maximum Gasteiger partial charge on any atom is 0.214 e. The molecule has 0 atom stereocenters. The Morgan fingerprint density at radius 2 is 1.91 bits per heavy atom. The number of pyridine rings is 1. The lowest BCUT2D eigenvalue weighted by Gasteiger charge is -2.15. The van der Waals surface area contributed by atoms with Crippen LogP contribution in [0, 0.1) is 4.77 Å². The standard InChI is InChI=1S/C22H19Cl2N5O2S/c1-30-19-11-15(10-18(24)20(19)31-13-14-3-2-4-17(23)9-14)12-26-29-21(27-28-22(29)32)16-5-7-25-8-6-16/h2-11,26H,12-13H2,1H3,(H,28,32). The van der Waals surface area contributed by atoms with E-state index in [1.165, 1.54) is 0 Å². The van der Waals surface area contributed by atoms with Gasteiger partial charge in [-0.05, 0) is 59.7 Å². The highest BCUT2D eigenvalue weighted by molar-refractivity contribution is 7.71. The van der Waals surface area contributed by atoms with Crippen LogP contribution in [0.5, 0.6) is 11.5 Å². The number of benzene rings is 2.